The van der Waals surface area contributed by atoms with Crippen LogP contribution in [0.15, 0.2) is 0 Å². The molecule has 0 bridgehead atoms. The molecule has 1 heteroatoms. The number of rotatable bonds is 0. The molecule has 39 valence electrons. The van der Waals surface area contributed by atoms with Crippen molar-refractivity contribution in [2.24, 2.45) is 5.92 Å². The largest absolute Gasteiger partial charge is 0.378 e. The molecule has 1 nitrogen and oxygen atoms in total. The fourth-order valence-corrected chi connectivity index (χ4v) is 1.16. The minimum absolute atomic E-state index is 0.578. The third kappa shape index (κ3) is 0.556. The number of fused-ring (bicyclic) bond motifs is 1. The van der Waals surface area contributed by atoms with E-state index >= 15 is 0 Å². The van der Waals surface area contributed by atoms with E-state index in [1.807, 2.05) is 0 Å². The van der Waals surface area contributed by atoms with Crippen LogP contribution in [-0.2, 0) is 4.74 Å². The van der Waals surface area contributed by atoms with E-state index in [1.54, 1.807) is 0 Å². The van der Waals surface area contributed by atoms with Gasteiger partial charge in [-0.2, -0.15) is 0 Å². The lowest BCUT2D eigenvalue weighted by molar-refractivity contribution is 0.0827. The monoisotopic (exact) mass is 97.1 g/mol. The molecule has 2 unspecified atom stereocenters. The van der Waals surface area contributed by atoms with Crippen LogP contribution >= 0.6 is 0 Å². The Morgan fingerprint density at radius 2 is 2.57 bits per heavy atom. The van der Waals surface area contributed by atoms with Gasteiger partial charge in [0, 0.05) is 6.61 Å². The van der Waals surface area contributed by atoms with Crippen LogP contribution in [0.3, 0.4) is 0 Å². The van der Waals surface area contributed by atoms with Crippen LogP contribution < -0.4 is 0 Å². The van der Waals surface area contributed by atoms with Crippen molar-refractivity contribution in [2.45, 2.75) is 18.9 Å². The Balaban J connectivity index is 1.95. The van der Waals surface area contributed by atoms with E-state index in [-0.39, 0.29) is 0 Å². The van der Waals surface area contributed by atoms with Crippen LogP contribution in [0.4, 0.5) is 0 Å². The van der Waals surface area contributed by atoms with Crippen LogP contribution in [0.25, 0.3) is 0 Å². The predicted molar refractivity (Wildman–Crippen MR) is 26.8 cm³/mol. The van der Waals surface area contributed by atoms with Gasteiger partial charge in [0.1, 0.15) is 0 Å². The summed E-state index contributed by atoms with van der Waals surface area (Å²) < 4.78 is 5.30. The van der Waals surface area contributed by atoms with Crippen LogP contribution in [0.5, 0.6) is 0 Å². The van der Waals surface area contributed by atoms with Gasteiger partial charge in [-0.15, -0.1) is 0 Å². The maximum atomic E-state index is 5.30. The van der Waals surface area contributed by atoms with Crippen molar-refractivity contribution >= 4 is 0 Å². The molecule has 1 aliphatic carbocycles. The van der Waals surface area contributed by atoms with E-state index in [2.05, 4.69) is 6.42 Å². The smallest absolute Gasteiger partial charge is 0.0642 e. The summed E-state index contributed by atoms with van der Waals surface area (Å²) in [6.07, 6.45) is 5.52. The highest BCUT2D eigenvalue weighted by Gasteiger charge is 2.40. The Labute approximate surface area is 43.7 Å². The van der Waals surface area contributed by atoms with Crippen LogP contribution in [0, 0.1) is 12.3 Å². The first-order chi connectivity index (χ1) is 3.47. The van der Waals surface area contributed by atoms with Crippen molar-refractivity contribution in [1.29, 1.82) is 0 Å². The van der Waals surface area contributed by atoms with Gasteiger partial charge in [0.05, 0.1) is 6.10 Å². The van der Waals surface area contributed by atoms with Gasteiger partial charge in [0.2, 0.25) is 0 Å². The first-order valence-electron chi connectivity index (χ1n) is 2.93. The molecule has 2 atom stereocenters. The minimum atomic E-state index is 0.578. The maximum Gasteiger partial charge on any atom is 0.0642 e. The second kappa shape index (κ2) is 1.22. The van der Waals surface area contributed by atoms with Gasteiger partial charge in [-0.3, -0.25) is 0 Å². The van der Waals surface area contributed by atoms with Gasteiger partial charge in [0.15, 0.2) is 0 Å². The zero-order valence-corrected chi connectivity index (χ0v) is 4.26. The standard InChI is InChI=1S/C6H9O/c1-2-5-4-6(5)7-3-1/h4-6H,1-3H2. The summed E-state index contributed by atoms with van der Waals surface area (Å²) in [6.45, 7) is 0.998. The first-order valence-corrected chi connectivity index (χ1v) is 2.93. The average molecular weight is 97.1 g/mol. The van der Waals surface area contributed by atoms with E-state index in [4.69, 9.17) is 4.74 Å². The lowest BCUT2D eigenvalue weighted by Crippen LogP contribution is -2.05. The molecule has 0 N–H and O–H groups in total. The number of hydrogen-bond acceptors (Lipinski definition) is 1. The second-order valence-corrected chi connectivity index (χ2v) is 2.33. The molecule has 2 aliphatic rings. The lowest BCUT2D eigenvalue weighted by atomic mass is 10.2. The van der Waals surface area contributed by atoms with Crippen molar-refractivity contribution in [2.75, 3.05) is 6.61 Å². The Morgan fingerprint density at radius 1 is 1.57 bits per heavy atom. The molecular formula is C6H9O. The van der Waals surface area contributed by atoms with Crippen molar-refractivity contribution in [3.8, 4) is 0 Å². The van der Waals surface area contributed by atoms with Crippen LogP contribution in [-0.4, -0.2) is 12.7 Å². The van der Waals surface area contributed by atoms with Gasteiger partial charge in [-0.05, 0) is 25.2 Å². The van der Waals surface area contributed by atoms with E-state index < -0.39 is 0 Å². The number of ether oxygens (including phenoxy) is 1. The second-order valence-electron chi connectivity index (χ2n) is 2.33. The van der Waals surface area contributed by atoms with Gasteiger partial charge in [-0.1, -0.05) is 0 Å². The Bertz CT molecular complexity index is 70.2. The van der Waals surface area contributed by atoms with Gasteiger partial charge >= 0.3 is 0 Å². The molecule has 0 aromatic heterocycles. The Hall–Kier alpha value is -0.0400. The Kier molecular flexibility index (Phi) is 0.680. The highest BCUT2D eigenvalue weighted by Crippen LogP contribution is 2.39. The lowest BCUT2D eigenvalue weighted by Gasteiger charge is -2.07. The highest BCUT2D eigenvalue weighted by molar-refractivity contribution is 5.08. The summed E-state index contributed by atoms with van der Waals surface area (Å²) in [5, 5.41) is 0. The van der Waals surface area contributed by atoms with Crippen molar-refractivity contribution in [3.05, 3.63) is 6.42 Å². The topological polar surface area (TPSA) is 9.23 Å². The highest BCUT2D eigenvalue weighted by atomic mass is 16.5. The normalized spacial score (nSPS) is 48.0. The molecule has 1 radical (unpaired) electrons. The summed E-state index contributed by atoms with van der Waals surface area (Å²) in [5.41, 5.74) is 0. The van der Waals surface area contributed by atoms with Gasteiger partial charge in [0.25, 0.3) is 0 Å². The summed E-state index contributed by atoms with van der Waals surface area (Å²) >= 11 is 0. The quantitative estimate of drug-likeness (QED) is 0.438. The van der Waals surface area contributed by atoms with Crippen molar-refractivity contribution < 1.29 is 4.74 Å². The molecule has 7 heavy (non-hydrogen) atoms. The first kappa shape index (κ1) is 3.90. The summed E-state index contributed by atoms with van der Waals surface area (Å²) in [6, 6.07) is 0. The average Bonchev–Trinajstić information content (AvgIpc) is 2.41. The maximum absolute atomic E-state index is 5.30. The van der Waals surface area contributed by atoms with Crippen molar-refractivity contribution in [3.63, 3.8) is 0 Å². The SMILES string of the molecule is [CH]1C2CCCOC12. The third-order valence-electron chi connectivity index (χ3n) is 1.71. The molecule has 1 saturated carbocycles. The van der Waals surface area contributed by atoms with Gasteiger partial charge < -0.3 is 4.74 Å². The van der Waals surface area contributed by atoms with E-state index in [0.29, 0.717) is 6.10 Å². The third-order valence-corrected chi connectivity index (χ3v) is 1.71. The minimum Gasteiger partial charge on any atom is -0.378 e. The molecule has 0 aromatic carbocycles. The van der Waals surface area contributed by atoms with E-state index in [9.17, 15) is 0 Å². The fraction of sp³-hybridized carbons (Fsp3) is 0.833. The predicted octanol–water partition coefficient (Wildman–Crippen LogP) is 0.999. The summed E-state index contributed by atoms with van der Waals surface area (Å²) in [7, 11) is 0. The zero-order valence-electron chi connectivity index (χ0n) is 4.26. The van der Waals surface area contributed by atoms with Gasteiger partial charge in [-0.25, -0.2) is 0 Å². The van der Waals surface area contributed by atoms with E-state index in [0.717, 1.165) is 12.5 Å². The molecule has 2 rings (SSSR count). The van der Waals surface area contributed by atoms with Crippen LogP contribution in [0.2, 0.25) is 0 Å². The molecule has 1 heterocycles. The molecular weight excluding hydrogens is 88.1 g/mol. The molecule has 2 fully saturated rings. The number of hydrogen-bond donors (Lipinski definition) is 0. The van der Waals surface area contributed by atoms with E-state index in [1.165, 1.54) is 12.8 Å². The van der Waals surface area contributed by atoms with Crippen molar-refractivity contribution in [1.82, 2.24) is 0 Å². The molecule has 1 aliphatic heterocycles. The molecule has 1 saturated heterocycles. The zero-order chi connectivity index (χ0) is 4.69. The van der Waals surface area contributed by atoms with Crippen LogP contribution in [0.1, 0.15) is 12.8 Å². The molecule has 0 aromatic rings. The molecule has 0 amide bonds. The summed E-state index contributed by atoms with van der Waals surface area (Å²) in [5.74, 6) is 0.855. The Morgan fingerprint density at radius 3 is 3.14 bits per heavy atom. The summed E-state index contributed by atoms with van der Waals surface area (Å²) in [4.78, 5) is 0. The molecule has 0 spiro atoms. The fourth-order valence-electron chi connectivity index (χ4n) is 1.16.